The van der Waals surface area contributed by atoms with Crippen LogP contribution < -0.4 is 4.72 Å². The first kappa shape index (κ1) is 31.0. The Balaban J connectivity index is 1.20. The molecule has 0 radical (unpaired) electrons. The highest BCUT2D eigenvalue weighted by molar-refractivity contribution is 7.92. The van der Waals surface area contributed by atoms with Gasteiger partial charge in [-0.1, -0.05) is 53.7 Å². The number of hydrogen-bond donors (Lipinski definition) is 1. The van der Waals surface area contributed by atoms with Crippen molar-refractivity contribution in [1.29, 1.82) is 0 Å². The molecule has 1 fully saturated rings. The summed E-state index contributed by atoms with van der Waals surface area (Å²) in [4.78, 5) is 31.6. The zero-order valence-electron chi connectivity index (χ0n) is 25.9. The molecule has 6 rings (SSSR count). The molecule has 1 aliphatic rings. The monoisotopic (exact) mass is 641 g/mol. The Hall–Kier alpha value is -4.97. The van der Waals surface area contributed by atoms with Crippen LogP contribution in [0, 0.1) is 20.8 Å². The van der Waals surface area contributed by atoms with Gasteiger partial charge in [-0.2, -0.15) is 0 Å². The number of carbonyl (C=O) groups excluding carboxylic acids is 2. The van der Waals surface area contributed by atoms with Gasteiger partial charge in [-0.25, -0.2) is 22.9 Å². The summed E-state index contributed by atoms with van der Waals surface area (Å²) in [6.07, 6.45) is 2.05. The van der Waals surface area contributed by atoms with Gasteiger partial charge in [0.1, 0.15) is 5.82 Å². The molecule has 11 nitrogen and oxygen atoms in total. The van der Waals surface area contributed by atoms with E-state index in [2.05, 4.69) is 14.9 Å². The fourth-order valence-corrected chi connectivity index (χ4v) is 6.98. The molecule has 238 valence electrons. The number of sulfonamides is 1. The van der Waals surface area contributed by atoms with E-state index < -0.39 is 16.0 Å². The third-order valence-electron chi connectivity index (χ3n) is 8.32. The minimum atomic E-state index is -3.97. The number of nitrogens with zero attached hydrogens (tertiary/aromatic N) is 4. The third-order valence-corrected chi connectivity index (χ3v) is 9.71. The molecule has 46 heavy (non-hydrogen) atoms. The number of anilines is 1. The fourth-order valence-electron chi connectivity index (χ4n) is 5.70. The smallest absolute Gasteiger partial charge is 0.340 e. The maximum atomic E-state index is 13.4. The first-order valence-electron chi connectivity index (χ1n) is 15.2. The number of fused-ring (bicyclic) bond motifs is 1. The minimum absolute atomic E-state index is 0.0902. The minimum Gasteiger partial charge on any atom is -0.462 e. The van der Waals surface area contributed by atoms with Gasteiger partial charge in [-0.15, -0.1) is 0 Å². The van der Waals surface area contributed by atoms with Crippen molar-refractivity contribution >= 4 is 38.8 Å². The second kappa shape index (κ2) is 12.8. The summed E-state index contributed by atoms with van der Waals surface area (Å²) < 4.78 is 42.1. The molecule has 0 spiro atoms. The number of aromatic nitrogens is 3. The molecule has 0 aliphatic carbocycles. The molecule has 3 heterocycles. The molecule has 0 bridgehead atoms. The van der Waals surface area contributed by atoms with Crippen LogP contribution >= 0.6 is 0 Å². The predicted molar refractivity (Wildman–Crippen MR) is 173 cm³/mol. The first-order valence-corrected chi connectivity index (χ1v) is 16.7. The number of imidazole rings is 1. The number of ether oxygens (including phenoxy) is 1. The number of aryl methyl sites for hydroxylation is 2. The molecule has 1 amide bonds. The summed E-state index contributed by atoms with van der Waals surface area (Å²) in [5.74, 6) is 0.555. The molecule has 3 aromatic carbocycles. The molecule has 2 aromatic heterocycles. The number of amides is 1. The number of para-hydroxylation sites is 1. The Morgan fingerprint density at radius 2 is 1.80 bits per heavy atom. The zero-order chi connectivity index (χ0) is 32.4. The van der Waals surface area contributed by atoms with Crippen molar-refractivity contribution in [2.24, 2.45) is 0 Å². The van der Waals surface area contributed by atoms with E-state index in [-0.39, 0.29) is 23.3 Å². The van der Waals surface area contributed by atoms with Gasteiger partial charge in [0.15, 0.2) is 0 Å². The van der Waals surface area contributed by atoms with Crippen molar-refractivity contribution in [2.75, 3.05) is 24.4 Å². The molecule has 1 aliphatic heterocycles. The summed E-state index contributed by atoms with van der Waals surface area (Å²) in [5.41, 5.74) is 5.24. The van der Waals surface area contributed by atoms with Crippen LogP contribution in [0.1, 0.15) is 52.3 Å². The quantitative estimate of drug-likeness (QED) is 0.145. The molecular weight excluding hydrogens is 606 g/mol. The standard InChI is InChI=1S/C34H35N5O6S/c1-22-23(2)36-45-33(22)37-46(42,43)30-12-5-4-9-27(30)26-16-14-25(15-17-26)21-39-24(3)35-29-11-6-10-28(32(29)39)34(41)44-20-8-19-38-18-7-13-31(38)40/h4-6,9-12,14-17,37H,7-8,13,18-21H2,1-3H3. The van der Waals surface area contributed by atoms with E-state index in [1.807, 2.05) is 46.7 Å². The number of likely N-dealkylation sites (tertiary alicyclic amines) is 1. The van der Waals surface area contributed by atoms with Crippen LogP contribution in [0.5, 0.6) is 0 Å². The lowest BCUT2D eigenvalue weighted by Gasteiger charge is -2.15. The van der Waals surface area contributed by atoms with E-state index in [0.29, 0.717) is 59.3 Å². The van der Waals surface area contributed by atoms with Crippen LogP contribution in [-0.4, -0.2) is 59.6 Å². The number of carbonyl (C=O) groups is 2. The van der Waals surface area contributed by atoms with E-state index in [0.717, 1.165) is 29.9 Å². The lowest BCUT2D eigenvalue weighted by Crippen LogP contribution is -2.26. The summed E-state index contributed by atoms with van der Waals surface area (Å²) in [5, 5.41) is 3.84. The van der Waals surface area contributed by atoms with Gasteiger partial charge in [-0.3, -0.25) is 4.79 Å². The Morgan fingerprint density at radius 1 is 1.02 bits per heavy atom. The molecule has 12 heteroatoms. The average Bonchev–Trinajstić information content (AvgIpc) is 3.71. The SMILES string of the molecule is Cc1noc(NS(=O)(=O)c2ccccc2-c2ccc(Cn3c(C)nc4cccc(C(=O)OCCCN5CCCC5=O)c43)cc2)c1C. The number of benzene rings is 3. The first-order chi connectivity index (χ1) is 22.1. The van der Waals surface area contributed by atoms with E-state index in [1.165, 1.54) is 0 Å². The fraction of sp³-hybridized carbons (Fsp3) is 0.294. The molecule has 5 aromatic rings. The van der Waals surface area contributed by atoms with Crippen molar-refractivity contribution in [3.8, 4) is 11.1 Å². The maximum Gasteiger partial charge on any atom is 0.340 e. The van der Waals surface area contributed by atoms with Crippen molar-refractivity contribution in [1.82, 2.24) is 19.6 Å². The highest BCUT2D eigenvalue weighted by atomic mass is 32.2. The summed E-state index contributed by atoms with van der Waals surface area (Å²) in [7, 11) is -3.97. The second-order valence-corrected chi connectivity index (χ2v) is 13.1. The number of nitrogens with one attached hydrogen (secondary N) is 1. The summed E-state index contributed by atoms with van der Waals surface area (Å²) in [6, 6.07) is 19.8. The van der Waals surface area contributed by atoms with Crippen LogP contribution in [0.4, 0.5) is 5.88 Å². The summed E-state index contributed by atoms with van der Waals surface area (Å²) in [6.45, 7) is 7.38. The molecule has 0 unspecified atom stereocenters. The maximum absolute atomic E-state index is 13.4. The Labute approximate surface area is 267 Å². The van der Waals surface area contributed by atoms with E-state index in [1.54, 1.807) is 50.2 Å². The molecule has 0 atom stereocenters. The van der Waals surface area contributed by atoms with Crippen LogP contribution in [0.15, 0.2) is 76.1 Å². The molecule has 1 saturated heterocycles. The van der Waals surface area contributed by atoms with Gasteiger partial charge >= 0.3 is 5.97 Å². The van der Waals surface area contributed by atoms with Crippen LogP contribution in [0.25, 0.3) is 22.2 Å². The highest BCUT2D eigenvalue weighted by Gasteiger charge is 2.24. The average molecular weight is 642 g/mol. The van der Waals surface area contributed by atoms with Gasteiger partial charge in [0.25, 0.3) is 10.0 Å². The van der Waals surface area contributed by atoms with Gasteiger partial charge in [0.2, 0.25) is 11.8 Å². The largest absolute Gasteiger partial charge is 0.462 e. The van der Waals surface area contributed by atoms with Crippen molar-refractivity contribution in [3.63, 3.8) is 0 Å². The van der Waals surface area contributed by atoms with Gasteiger partial charge in [-0.05, 0) is 62.9 Å². The van der Waals surface area contributed by atoms with Crippen molar-refractivity contribution < 1.29 is 27.3 Å². The molecular formula is C34H35N5O6S. The Morgan fingerprint density at radius 3 is 2.52 bits per heavy atom. The van der Waals surface area contributed by atoms with E-state index >= 15 is 0 Å². The number of hydrogen-bond acceptors (Lipinski definition) is 8. The Bertz CT molecular complexity index is 2030. The molecule has 1 N–H and O–H groups in total. The van der Waals surface area contributed by atoms with Gasteiger partial charge < -0.3 is 18.7 Å². The lowest BCUT2D eigenvalue weighted by molar-refractivity contribution is -0.127. The van der Waals surface area contributed by atoms with E-state index in [9.17, 15) is 18.0 Å². The third kappa shape index (κ3) is 6.25. The number of esters is 1. The number of rotatable bonds is 11. The Kier molecular flexibility index (Phi) is 8.63. The van der Waals surface area contributed by atoms with Crippen LogP contribution in [-0.2, 0) is 26.1 Å². The van der Waals surface area contributed by atoms with E-state index in [4.69, 9.17) is 9.26 Å². The van der Waals surface area contributed by atoms with Crippen molar-refractivity contribution in [2.45, 2.75) is 51.5 Å². The van der Waals surface area contributed by atoms with Crippen LogP contribution in [0.2, 0.25) is 0 Å². The van der Waals surface area contributed by atoms with Gasteiger partial charge in [0, 0.05) is 37.2 Å². The second-order valence-electron chi connectivity index (χ2n) is 11.4. The highest BCUT2D eigenvalue weighted by Crippen LogP contribution is 2.31. The van der Waals surface area contributed by atoms with Crippen molar-refractivity contribution in [3.05, 3.63) is 94.9 Å². The van der Waals surface area contributed by atoms with Crippen LogP contribution in [0.3, 0.4) is 0 Å². The van der Waals surface area contributed by atoms with Gasteiger partial charge in [0.05, 0.1) is 33.8 Å². The zero-order valence-corrected chi connectivity index (χ0v) is 26.8. The normalized spacial score (nSPS) is 13.5. The lowest BCUT2D eigenvalue weighted by atomic mass is 10.0. The topological polar surface area (TPSA) is 137 Å². The summed E-state index contributed by atoms with van der Waals surface area (Å²) >= 11 is 0. The predicted octanol–water partition coefficient (Wildman–Crippen LogP) is 5.63. The molecule has 0 saturated carbocycles.